The van der Waals surface area contributed by atoms with Crippen molar-refractivity contribution in [1.29, 1.82) is 0 Å². The van der Waals surface area contributed by atoms with Gasteiger partial charge in [-0.2, -0.15) is 5.10 Å². The van der Waals surface area contributed by atoms with Gasteiger partial charge in [0, 0.05) is 12.5 Å². The number of fused-ring (bicyclic) bond motifs is 1. The first kappa shape index (κ1) is 7.21. The fourth-order valence-corrected chi connectivity index (χ4v) is 1.20. The van der Waals surface area contributed by atoms with Crippen molar-refractivity contribution >= 4 is 5.65 Å². The Bertz CT molecular complexity index is 379. The molecule has 0 radical (unpaired) electrons. The molecule has 0 saturated heterocycles. The molecule has 0 N–H and O–H groups in total. The van der Waals surface area contributed by atoms with E-state index in [1.54, 1.807) is 17.0 Å². The third-order valence-corrected chi connectivity index (χ3v) is 1.74. The number of rotatable bonds is 2. The van der Waals surface area contributed by atoms with Crippen molar-refractivity contribution in [1.82, 2.24) is 19.6 Å². The summed E-state index contributed by atoms with van der Waals surface area (Å²) in [6.45, 7) is 2.12. The summed E-state index contributed by atoms with van der Waals surface area (Å²) in [5.74, 6) is 0.979. The quantitative estimate of drug-likeness (QED) is 0.663. The van der Waals surface area contributed by atoms with E-state index in [1.807, 2.05) is 6.07 Å². The molecule has 0 unspecified atom stereocenters. The van der Waals surface area contributed by atoms with Gasteiger partial charge in [-0.3, -0.25) is 0 Å². The largest absolute Gasteiger partial charge is 0.221 e. The zero-order valence-electron chi connectivity index (χ0n) is 6.94. The molecule has 0 aromatic carbocycles. The Kier molecular flexibility index (Phi) is 1.74. The zero-order chi connectivity index (χ0) is 8.39. The van der Waals surface area contributed by atoms with Gasteiger partial charge in [-0.1, -0.05) is 6.92 Å². The molecule has 0 aliphatic heterocycles. The summed E-state index contributed by atoms with van der Waals surface area (Å²) in [7, 11) is 0. The van der Waals surface area contributed by atoms with E-state index in [-0.39, 0.29) is 0 Å². The van der Waals surface area contributed by atoms with Crippen LogP contribution in [0, 0.1) is 0 Å². The zero-order valence-corrected chi connectivity index (χ0v) is 6.94. The number of hydrogen-bond acceptors (Lipinski definition) is 3. The molecule has 2 aromatic heterocycles. The fourth-order valence-electron chi connectivity index (χ4n) is 1.20. The van der Waals surface area contributed by atoms with Crippen LogP contribution in [0.3, 0.4) is 0 Å². The normalized spacial score (nSPS) is 10.8. The van der Waals surface area contributed by atoms with E-state index in [0.717, 1.165) is 24.3 Å². The molecule has 2 rings (SSSR count). The van der Waals surface area contributed by atoms with Gasteiger partial charge in [0.1, 0.15) is 12.2 Å². The van der Waals surface area contributed by atoms with Gasteiger partial charge in [0.05, 0.1) is 6.20 Å². The summed E-state index contributed by atoms with van der Waals surface area (Å²) in [4.78, 5) is 8.23. The lowest BCUT2D eigenvalue weighted by atomic mass is 10.3. The van der Waals surface area contributed by atoms with Gasteiger partial charge in [0.2, 0.25) is 0 Å². The lowest BCUT2D eigenvalue weighted by Crippen LogP contribution is -2.02. The van der Waals surface area contributed by atoms with Crippen LogP contribution in [0.5, 0.6) is 0 Å². The lowest BCUT2D eigenvalue weighted by molar-refractivity contribution is 0.747. The molecule has 0 atom stereocenters. The second-order valence-corrected chi connectivity index (χ2v) is 2.64. The number of aromatic nitrogens is 4. The van der Waals surface area contributed by atoms with E-state index in [0.29, 0.717) is 0 Å². The highest BCUT2D eigenvalue weighted by Crippen LogP contribution is 2.01. The predicted octanol–water partition coefficient (Wildman–Crippen LogP) is 1.08. The summed E-state index contributed by atoms with van der Waals surface area (Å²) in [5, 5.41) is 4.13. The van der Waals surface area contributed by atoms with Crippen LogP contribution in [-0.4, -0.2) is 19.6 Å². The van der Waals surface area contributed by atoms with Crippen molar-refractivity contribution < 1.29 is 0 Å². The Hall–Kier alpha value is -1.45. The molecule has 2 heterocycles. The minimum atomic E-state index is 0.869. The Labute approximate surface area is 70.3 Å². The molecule has 0 aliphatic carbocycles. The van der Waals surface area contributed by atoms with Crippen LogP contribution in [0.2, 0.25) is 0 Å². The van der Waals surface area contributed by atoms with Crippen molar-refractivity contribution in [2.45, 2.75) is 19.8 Å². The van der Waals surface area contributed by atoms with Crippen molar-refractivity contribution in [3.05, 3.63) is 24.4 Å². The molecule has 4 nitrogen and oxygen atoms in total. The van der Waals surface area contributed by atoms with Gasteiger partial charge in [-0.15, -0.1) is 0 Å². The van der Waals surface area contributed by atoms with Gasteiger partial charge < -0.3 is 0 Å². The molecule has 62 valence electrons. The van der Waals surface area contributed by atoms with E-state index in [1.165, 1.54) is 0 Å². The molecule has 0 bridgehead atoms. The number of hydrogen-bond donors (Lipinski definition) is 0. The molecular formula is C8H10N4. The van der Waals surface area contributed by atoms with Gasteiger partial charge in [0.25, 0.3) is 0 Å². The molecule has 12 heavy (non-hydrogen) atoms. The Morgan fingerprint density at radius 2 is 2.33 bits per heavy atom. The maximum absolute atomic E-state index is 4.16. The minimum absolute atomic E-state index is 0.869. The second-order valence-electron chi connectivity index (χ2n) is 2.64. The van der Waals surface area contributed by atoms with Crippen molar-refractivity contribution in [3.8, 4) is 0 Å². The highest BCUT2D eigenvalue weighted by molar-refractivity contribution is 5.34. The molecule has 0 aliphatic rings. The van der Waals surface area contributed by atoms with Crippen molar-refractivity contribution in [3.63, 3.8) is 0 Å². The first-order chi connectivity index (χ1) is 5.92. The summed E-state index contributed by atoms with van der Waals surface area (Å²) < 4.78 is 1.78. The van der Waals surface area contributed by atoms with Gasteiger partial charge in [0.15, 0.2) is 5.65 Å². The van der Waals surface area contributed by atoms with Gasteiger partial charge in [-0.25, -0.2) is 14.5 Å². The molecule has 2 aromatic rings. The third-order valence-electron chi connectivity index (χ3n) is 1.74. The topological polar surface area (TPSA) is 43.1 Å². The monoisotopic (exact) mass is 162 g/mol. The summed E-state index contributed by atoms with van der Waals surface area (Å²) in [5.41, 5.74) is 0.869. The summed E-state index contributed by atoms with van der Waals surface area (Å²) >= 11 is 0. The van der Waals surface area contributed by atoms with Crippen molar-refractivity contribution in [2.24, 2.45) is 0 Å². The van der Waals surface area contributed by atoms with Crippen molar-refractivity contribution in [2.75, 3.05) is 0 Å². The molecule has 0 fully saturated rings. The standard InChI is InChI=1S/C8H10N4/c1-2-3-7-9-6-10-8-4-5-11-12(7)8/h4-6H,2-3H2,1H3. The first-order valence-corrected chi connectivity index (χ1v) is 4.05. The Morgan fingerprint density at radius 3 is 3.17 bits per heavy atom. The maximum Gasteiger partial charge on any atom is 0.158 e. The molecule has 0 spiro atoms. The van der Waals surface area contributed by atoms with Crippen LogP contribution in [-0.2, 0) is 6.42 Å². The first-order valence-electron chi connectivity index (χ1n) is 4.05. The molecular weight excluding hydrogens is 152 g/mol. The van der Waals surface area contributed by atoms with Crippen LogP contribution in [0.25, 0.3) is 5.65 Å². The van der Waals surface area contributed by atoms with E-state index in [2.05, 4.69) is 22.0 Å². The SMILES string of the molecule is CCCc1ncnc2ccnn12. The van der Waals surface area contributed by atoms with Crippen LogP contribution in [0.1, 0.15) is 19.2 Å². The Morgan fingerprint density at radius 1 is 1.42 bits per heavy atom. The number of nitrogens with zero attached hydrogens (tertiary/aromatic N) is 4. The molecule has 0 saturated carbocycles. The average Bonchev–Trinajstić information content (AvgIpc) is 2.53. The van der Waals surface area contributed by atoms with E-state index < -0.39 is 0 Å². The predicted molar refractivity (Wildman–Crippen MR) is 44.8 cm³/mol. The summed E-state index contributed by atoms with van der Waals surface area (Å²) in [6, 6.07) is 1.88. The van der Waals surface area contributed by atoms with E-state index >= 15 is 0 Å². The third kappa shape index (κ3) is 1.05. The van der Waals surface area contributed by atoms with Crippen LogP contribution < -0.4 is 0 Å². The van der Waals surface area contributed by atoms with Gasteiger partial charge >= 0.3 is 0 Å². The maximum atomic E-state index is 4.16. The van der Waals surface area contributed by atoms with E-state index in [9.17, 15) is 0 Å². The van der Waals surface area contributed by atoms with E-state index in [4.69, 9.17) is 0 Å². The molecule has 4 heteroatoms. The highest BCUT2D eigenvalue weighted by atomic mass is 15.3. The number of aryl methyl sites for hydroxylation is 1. The smallest absolute Gasteiger partial charge is 0.158 e. The lowest BCUT2D eigenvalue weighted by Gasteiger charge is -1.99. The summed E-state index contributed by atoms with van der Waals surface area (Å²) in [6.07, 6.45) is 5.35. The Balaban J connectivity index is 2.57. The fraction of sp³-hybridized carbons (Fsp3) is 0.375. The average molecular weight is 162 g/mol. The van der Waals surface area contributed by atoms with Crippen LogP contribution in [0.4, 0.5) is 0 Å². The molecule has 0 amide bonds. The van der Waals surface area contributed by atoms with Crippen LogP contribution >= 0.6 is 0 Å². The van der Waals surface area contributed by atoms with Gasteiger partial charge in [-0.05, 0) is 6.42 Å². The minimum Gasteiger partial charge on any atom is -0.221 e. The highest BCUT2D eigenvalue weighted by Gasteiger charge is 2.00. The van der Waals surface area contributed by atoms with Crippen LogP contribution in [0.15, 0.2) is 18.6 Å². The second kappa shape index (κ2) is 2.89.